The van der Waals surface area contributed by atoms with Crippen LogP contribution in [0.5, 0.6) is 5.75 Å². The van der Waals surface area contributed by atoms with Gasteiger partial charge in [0.25, 0.3) is 10.0 Å². The predicted molar refractivity (Wildman–Crippen MR) is 87.2 cm³/mol. The first-order chi connectivity index (χ1) is 10.9. The van der Waals surface area contributed by atoms with Crippen LogP contribution in [0.4, 0.5) is 5.69 Å². The van der Waals surface area contributed by atoms with E-state index in [1.54, 1.807) is 30.3 Å². The van der Waals surface area contributed by atoms with E-state index < -0.39 is 10.0 Å². The molecule has 0 amide bonds. The van der Waals surface area contributed by atoms with Crippen LogP contribution in [0, 0.1) is 13.8 Å². The van der Waals surface area contributed by atoms with E-state index in [1.807, 2.05) is 13.8 Å². The number of aromatic amines is 1. The minimum atomic E-state index is -3.82. The molecule has 23 heavy (non-hydrogen) atoms. The Morgan fingerprint density at radius 1 is 1.13 bits per heavy atom. The fourth-order valence-corrected chi connectivity index (χ4v) is 3.59. The van der Waals surface area contributed by atoms with E-state index in [0.717, 1.165) is 11.1 Å². The maximum atomic E-state index is 12.8. The van der Waals surface area contributed by atoms with E-state index in [0.29, 0.717) is 22.5 Å². The smallest absolute Gasteiger partial charge is 0.265 e. The first-order valence-electron chi connectivity index (χ1n) is 6.90. The van der Waals surface area contributed by atoms with Gasteiger partial charge in [-0.1, -0.05) is 6.07 Å². The van der Waals surface area contributed by atoms with Crippen LogP contribution in [0.25, 0.3) is 11.0 Å². The number of fused-ring (bicyclic) bond motifs is 1. The molecule has 0 fully saturated rings. The van der Waals surface area contributed by atoms with E-state index in [1.165, 1.54) is 7.11 Å². The Hall–Kier alpha value is -2.61. The van der Waals surface area contributed by atoms with Crippen LogP contribution in [-0.4, -0.2) is 30.9 Å². The van der Waals surface area contributed by atoms with Crippen LogP contribution in [0.1, 0.15) is 11.1 Å². The van der Waals surface area contributed by atoms with Crippen LogP contribution >= 0.6 is 0 Å². The van der Waals surface area contributed by atoms with Crippen molar-refractivity contribution in [1.82, 2.24) is 15.4 Å². The van der Waals surface area contributed by atoms with Gasteiger partial charge in [0.15, 0.2) is 0 Å². The summed E-state index contributed by atoms with van der Waals surface area (Å²) in [6.07, 6.45) is 0. The maximum absolute atomic E-state index is 12.8. The van der Waals surface area contributed by atoms with Crippen molar-refractivity contribution in [3.8, 4) is 5.75 Å². The van der Waals surface area contributed by atoms with Gasteiger partial charge >= 0.3 is 0 Å². The molecule has 0 aliphatic rings. The van der Waals surface area contributed by atoms with E-state index >= 15 is 0 Å². The van der Waals surface area contributed by atoms with Gasteiger partial charge in [-0.05, 0) is 49.2 Å². The highest BCUT2D eigenvalue weighted by atomic mass is 32.2. The number of ether oxygens (including phenoxy) is 1. The van der Waals surface area contributed by atoms with Gasteiger partial charge in [0.05, 0.1) is 12.8 Å². The number of hydrogen-bond donors (Lipinski definition) is 2. The molecule has 7 nitrogen and oxygen atoms in total. The number of nitrogens with zero attached hydrogens (tertiary/aromatic N) is 2. The number of methoxy groups -OCH3 is 1. The van der Waals surface area contributed by atoms with E-state index in [2.05, 4.69) is 20.1 Å². The number of para-hydroxylation sites is 1. The lowest BCUT2D eigenvalue weighted by atomic mass is 10.1. The molecule has 2 N–H and O–H groups in total. The summed E-state index contributed by atoms with van der Waals surface area (Å²) in [7, 11) is -2.38. The second kappa shape index (κ2) is 5.54. The molecule has 0 unspecified atom stereocenters. The summed E-state index contributed by atoms with van der Waals surface area (Å²) < 4.78 is 33.3. The number of aryl methyl sites for hydroxylation is 2. The largest absolute Gasteiger partial charge is 0.495 e. The molecule has 1 aromatic heterocycles. The zero-order valence-corrected chi connectivity index (χ0v) is 13.7. The number of sulfonamides is 1. The zero-order chi connectivity index (χ0) is 16.6. The van der Waals surface area contributed by atoms with Crippen LogP contribution in [-0.2, 0) is 10.0 Å². The first kappa shape index (κ1) is 15.3. The number of nitrogens with one attached hydrogen (secondary N) is 2. The number of aromatic nitrogens is 3. The normalized spacial score (nSPS) is 11.6. The van der Waals surface area contributed by atoms with Gasteiger partial charge in [0.1, 0.15) is 21.7 Å². The van der Waals surface area contributed by atoms with Gasteiger partial charge in [-0.3, -0.25) is 4.72 Å². The molecule has 3 rings (SSSR count). The quantitative estimate of drug-likeness (QED) is 0.764. The fourth-order valence-electron chi connectivity index (χ4n) is 2.28. The van der Waals surface area contributed by atoms with Gasteiger partial charge < -0.3 is 4.74 Å². The molecule has 120 valence electrons. The number of H-pyrrole nitrogens is 1. The Bertz CT molecular complexity index is 980. The third-order valence-corrected chi connectivity index (χ3v) is 5.05. The fraction of sp³-hybridized carbons (Fsp3) is 0.200. The number of hydrogen-bond acceptors (Lipinski definition) is 5. The molecular weight excluding hydrogens is 316 g/mol. The topological polar surface area (TPSA) is 97.0 Å². The third-order valence-electron chi connectivity index (χ3n) is 3.66. The first-order valence-corrected chi connectivity index (χ1v) is 8.38. The lowest BCUT2D eigenvalue weighted by Gasteiger charge is -2.14. The Kier molecular flexibility index (Phi) is 3.69. The Morgan fingerprint density at radius 3 is 2.61 bits per heavy atom. The van der Waals surface area contributed by atoms with Gasteiger partial charge in [-0.15, -0.1) is 0 Å². The molecule has 0 spiro atoms. The summed E-state index contributed by atoms with van der Waals surface area (Å²) in [5.74, 6) is 0.299. The van der Waals surface area contributed by atoms with Crippen molar-refractivity contribution in [2.45, 2.75) is 18.7 Å². The van der Waals surface area contributed by atoms with Gasteiger partial charge in [0, 0.05) is 0 Å². The summed E-state index contributed by atoms with van der Waals surface area (Å²) in [5, 5.41) is 10.4. The molecule has 0 atom stereocenters. The molecule has 0 radical (unpaired) electrons. The SMILES string of the molecule is COc1cc(C)c(C)cc1S(=O)(=O)Nc1cccc2n[nH]nc12. The minimum absolute atomic E-state index is 0.0867. The summed E-state index contributed by atoms with van der Waals surface area (Å²) in [5.41, 5.74) is 3.22. The predicted octanol–water partition coefficient (Wildman–Crippen LogP) is 2.38. The van der Waals surface area contributed by atoms with Gasteiger partial charge in [-0.2, -0.15) is 15.4 Å². The molecule has 2 aromatic carbocycles. The lowest BCUT2D eigenvalue weighted by Crippen LogP contribution is -2.15. The highest BCUT2D eigenvalue weighted by Gasteiger charge is 2.22. The maximum Gasteiger partial charge on any atom is 0.265 e. The number of benzene rings is 2. The second-order valence-electron chi connectivity index (χ2n) is 5.19. The summed E-state index contributed by atoms with van der Waals surface area (Å²) in [6.45, 7) is 3.75. The summed E-state index contributed by atoms with van der Waals surface area (Å²) in [4.78, 5) is 0.0867. The molecule has 0 bridgehead atoms. The van der Waals surface area contributed by atoms with Crippen LogP contribution in [0.3, 0.4) is 0 Å². The minimum Gasteiger partial charge on any atom is -0.495 e. The Balaban J connectivity index is 2.09. The van der Waals surface area contributed by atoms with Crippen molar-refractivity contribution in [3.63, 3.8) is 0 Å². The lowest BCUT2D eigenvalue weighted by molar-refractivity contribution is 0.402. The second-order valence-corrected chi connectivity index (χ2v) is 6.84. The van der Waals surface area contributed by atoms with Crippen molar-refractivity contribution in [1.29, 1.82) is 0 Å². The molecule has 0 saturated heterocycles. The van der Waals surface area contributed by atoms with Gasteiger partial charge in [0.2, 0.25) is 0 Å². The molecule has 0 saturated carbocycles. The Morgan fingerprint density at radius 2 is 1.87 bits per heavy atom. The molecule has 0 aliphatic heterocycles. The Labute approximate surface area is 133 Å². The number of rotatable bonds is 4. The molecule has 0 aliphatic carbocycles. The summed E-state index contributed by atoms with van der Waals surface area (Å²) >= 11 is 0. The van der Waals surface area contributed by atoms with Crippen molar-refractivity contribution in [2.24, 2.45) is 0 Å². The van der Waals surface area contributed by atoms with Crippen molar-refractivity contribution in [3.05, 3.63) is 41.5 Å². The van der Waals surface area contributed by atoms with Crippen LogP contribution in [0.15, 0.2) is 35.2 Å². The van der Waals surface area contributed by atoms with E-state index in [-0.39, 0.29) is 4.90 Å². The van der Waals surface area contributed by atoms with Crippen LogP contribution in [0.2, 0.25) is 0 Å². The molecule has 1 heterocycles. The standard InChI is InChI=1S/C15H16N4O3S/c1-9-7-13(22-3)14(8-10(9)2)23(20,21)18-12-6-4-5-11-15(12)17-19-16-11/h4-8,18H,1-3H3,(H,16,17,19). The monoisotopic (exact) mass is 332 g/mol. The van der Waals surface area contributed by atoms with E-state index in [9.17, 15) is 8.42 Å². The highest BCUT2D eigenvalue weighted by molar-refractivity contribution is 7.92. The average Bonchev–Trinajstić information content (AvgIpc) is 2.99. The van der Waals surface area contributed by atoms with E-state index in [4.69, 9.17) is 4.74 Å². The van der Waals surface area contributed by atoms with Crippen molar-refractivity contribution >= 4 is 26.7 Å². The molecule has 3 aromatic rings. The van der Waals surface area contributed by atoms with Gasteiger partial charge in [-0.25, -0.2) is 8.42 Å². The highest BCUT2D eigenvalue weighted by Crippen LogP contribution is 2.30. The third kappa shape index (κ3) is 2.72. The average molecular weight is 332 g/mol. The zero-order valence-electron chi connectivity index (χ0n) is 12.9. The number of anilines is 1. The van der Waals surface area contributed by atoms with Crippen LogP contribution < -0.4 is 9.46 Å². The molecular formula is C15H16N4O3S. The summed E-state index contributed by atoms with van der Waals surface area (Å²) in [6, 6.07) is 8.39. The van der Waals surface area contributed by atoms with Crippen molar-refractivity contribution in [2.75, 3.05) is 11.8 Å². The van der Waals surface area contributed by atoms with Crippen molar-refractivity contribution < 1.29 is 13.2 Å². The molecule has 8 heteroatoms.